The lowest BCUT2D eigenvalue weighted by molar-refractivity contribution is 0.415. The largest absolute Gasteiger partial charge is 0.497 e. The Balaban J connectivity index is 1.65. The molecule has 3 aromatic heterocycles. The summed E-state index contributed by atoms with van der Waals surface area (Å²) in [6, 6.07) is 15.9. The molecular formula is C21H17N5O3S. The smallest absolute Gasteiger partial charge is 0.269 e. The fraction of sp³-hybridized carbons (Fsp3) is 0.0952. The topological polar surface area (TPSA) is 91.4 Å². The molecule has 5 aromatic rings. The van der Waals surface area contributed by atoms with Crippen LogP contribution in [-0.2, 0) is 10.0 Å². The van der Waals surface area contributed by atoms with E-state index in [1.165, 1.54) is 10.2 Å². The number of rotatable bonds is 4. The summed E-state index contributed by atoms with van der Waals surface area (Å²) in [4.78, 5) is 4.63. The monoisotopic (exact) mass is 419 g/mol. The van der Waals surface area contributed by atoms with Crippen LogP contribution in [0.4, 0.5) is 0 Å². The number of benzene rings is 2. The van der Waals surface area contributed by atoms with Crippen LogP contribution in [0, 0.1) is 6.92 Å². The van der Waals surface area contributed by atoms with Crippen molar-refractivity contribution in [1.29, 1.82) is 0 Å². The molecule has 0 N–H and O–H groups in total. The van der Waals surface area contributed by atoms with E-state index in [0.717, 1.165) is 16.9 Å². The molecule has 2 aromatic carbocycles. The second kappa shape index (κ2) is 6.67. The van der Waals surface area contributed by atoms with Crippen LogP contribution < -0.4 is 4.74 Å². The van der Waals surface area contributed by atoms with E-state index in [0.29, 0.717) is 16.7 Å². The van der Waals surface area contributed by atoms with Gasteiger partial charge in [0, 0.05) is 11.8 Å². The van der Waals surface area contributed by atoms with Gasteiger partial charge < -0.3 is 4.74 Å². The van der Waals surface area contributed by atoms with Crippen LogP contribution in [0.25, 0.3) is 27.9 Å². The van der Waals surface area contributed by atoms with Crippen molar-refractivity contribution >= 4 is 26.7 Å². The number of fused-ring (bicyclic) bond motifs is 3. The molecule has 0 bridgehead atoms. The SMILES string of the molecule is COc1ccc(-c2nnn3c2cnc2c3ccn2S(=O)(=O)c2ccc(C)cc2)cc1. The molecule has 0 amide bonds. The third-order valence-corrected chi connectivity index (χ3v) is 6.67. The second-order valence-corrected chi connectivity index (χ2v) is 8.68. The van der Waals surface area contributed by atoms with E-state index in [-0.39, 0.29) is 10.5 Å². The van der Waals surface area contributed by atoms with Crippen LogP contribution in [-0.4, -0.2) is 39.3 Å². The van der Waals surface area contributed by atoms with E-state index in [9.17, 15) is 8.42 Å². The van der Waals surface area contributed by atoms with Crippen LogP contribution >= 0.6 is 0 Å². The number of aromatic nitrogens is 5. The van der Waals surface area contributed by atoms with Crippen LogP contribution in [0.3, 0.4) is 0 Å². The van der Waals surface area contributed by atoms with Crippen molar-refractivity contribution in [2.24, 2.45) is 0 Å². The third kappa shape index (κ3) is 2.74. The van der Waals surface area contributed by atoms with Gasteiger partial charge in [-0.1, -0.05) is 22.9 Å². The summed E-state index contributed by atoms with van der Waals surface area (Å²) in [5, 5.41) is 8.52. The average Bonchev–Trinajstić information content (AvgIpc) is 3.38. The Bertz CT molecular complexity index is 1480. The zero-order chi connectivity index (χ0) is 20.9. The molecule has 0 saturated carbocycles. The van der Waals surface area contributed by atoms with Crippen molar-refractivity contribution in [3.63, 3.8) is 0 Å². The van der Waals surface area contributed by atoms with Gasteiger partial charge in [0.15, 0.2) is 5.65 Å². The van der Waals surface area contributed by atoms with Gasteiger partial charge in [0.2, 0.25) is 0 Å². The Kier molecular flexibility index (Phi) is 4.07. The first-order chi connectivity index (χ1) is 14.5. The van der Waals surface area contributed by atoms with Crippen LogP contribution in [0.15, 0.2) is 71.9 Å². The average molecular weight is 419 g/mol. The van der Waals surface area contributed by atoms with Crippen molar-refractivity contribution in [2.45, 2.75) is 11.8 Å². The van der Waals surface area contributed by atoms with E-state index in [1.807, 2.05) is 31.2 Å². The summed E-state index contributed by atoms with van der Waals surface area (Å²) in [6.45, 7) is 1.91. The zero-order valence-electron chi connectivity index (χ0n) is 16.2. The van der Waals surface area contributed by atoms with Gasteiger partial charge in [-0.3, -0.25) is 0 Å². The Hall–Kier alpha value is -3.72. The minimum Gasteiger partial charge on any atom is -0.497 e. The van der Waals surface area contributed by atoms with E-state index in [2.05, 4.69) is 15.3 Å². The second-order valence-electron chi connectivity index (χ2n) is 6.86. The molecule has 3 heterocycles. The van der Waals surface area contributed by atoms with Crippen LogP contribution in [0.5, 0.6) is 5.75 Å². The summed E-state index contributed by atoms with van der Waals surface area (Å²) in [5.74, 6) is 0.745. The highest BCUT2D eigenvalue weighted by atomic mass is 32.2. The predicted octanol–water partition coefficient (Wildman–Crippen LogP) is 3.30. The van der Waals surface area contributed by atoms with Crippen molar-refractivity contribution in [3.8, 4) is 17.0 Å². The number of methoxy groups -OCH3 is 1. The standard InChI is InChI=1S/C21H17N5O3S/c1-14-3-9-17(10-4-14)30(27,28)25-12-11-18-21(25)22-13-19-20(23-24-26(18)19)15-5-7-16(29-2)8-6-15/h3-13H,1-2H3. The van der Waals surface area contributed by atoms with Crippen molar-refractivity contribution in [3.05, 3.63) is 72.6 Å². The van der Waals surface area contributed by atoms with Crippen molar-refractivity contribution in [1.82, 2.24) is 23.8 Å². The molecular weight excluding hydrogens is 402 g/mol. The Morgan fingerprint density at radius 1 is 0.933 bits per heavy atom. The number of hydrogen-bond acceptors (Lipinski definition) is 6. The maximum atomic E-state index is 13.1. The summed E-state index contributed by atoms with van der Waals surface area (Å²) in [6.07, 6.45) is 3.07. The van der Waals surface area contributed by atoms with E-state index in [1.54, 1.807) is 48.2 Å². The highest BCUT2D eigenvalue weighted by Gasteiger charge is 2.22. The third-order valence-electron chi connectivity index (χ3n) is 4.99. The minimum atomic E-state index is -3.78. The minimum absolute atomic E-state index is 0.199. The van der Waals surface area contributed by atoms with E-state index < -0.39 is 10.0 Å². The van der Waals surface area contributed by atoms with Crippen molar-refractivity contribution < 1.29 is 13.2 Å². The summed E-state index contributed by atoms with van der Waals surface area (Å²) >= 11 is 0. The van der Waals surface area contributed by atoms with Gasteiger partial charge >= 0.3 is 0 Å². The molecule has 5 rings (SSSR count). The summed E-state index contributed by atoms with van der Waals surface area (Å²) < 4.78 is 34.2. The molecule has 0 atom stereocenters. The molecule has 0 aliphatic carbocycles. The molecule has 0 spiro atoms. The molecule has 0 unspecified atom stereocenters. The number of nitrogens with zero attached hydrogens (tertiary/aromatic N) is 5. The Morgan fingerprint density at radius 2 is 1.67 bits per heavy atom. The number of aryl methyl sites for hydroxylation is 1. The quantitative estimate of drug-likeness (QED) is 0.444. The van der Waals surface area contributed by atoms with Gasteiger partial charge in [-0.25, -0.2) is 21.9 Å². The van der Waals surface area contributed by atoms with Crippen molar-refractivity contribution in [2.75, 3.05) is 7.11 Å². The lowest BCUT2D eigenvalue weighted by Gasteiger charge is -2.07. The molecule has 9 heteroatoms. The molecule has 0 radical (unpaired) electrons. The lowest BCUT2D eigenvalue weighted by Crippen LogP contribution is -2.12. The highest BCUT2D eigenvalue weighted by Crippen LogP contribution is 2.27. The van der Waals surface area contributed by atoms with Gasteiger partial charge in [-0.2, -0.15) is 0 Å². The predicted molar refractivity (Wildman–Crippen MR) is 112 cm³/mol. The number of hydrogen-bond donors (Lipinski definition) is 0. The summed E-state index contributed by atoms with van der Waals surface area (Å²) in [7, 11) is -2.17. The Morgan fingerprint density at radius 3 is 2.37 bits per heavy atom. The maximum absolute atomic E-state index is 13.1. The molecule has 150 valence electrons. The van der Waals surface area contributed by atoms with Gasteiger partial charge in [0.1, 0.15) is 22.5 Å². The first kappa shape index (κ1) is 18.3. The fourth-order valence-corrected chi connectivity index (χ4v) is 4.66. The van der Waals surface area contributed by atoms with E-state index >= 15 is 0 Å². The molecule has 0 fully saturated rings. The van der Waals surface area contributed by atoms with E-state index in [4.69, 9.17) is 4.74 Å². The maximum Gasteiger partial charge on any atom is 0.269 e. The van der Waals surface area contributed by atoms with Gasteiger partial charge in [0.25, 0.3) is 10.0 Å². The highest BCUT2D eigenvalue weighted by molar-refractivity contribution is 7.90. The molecule has 8 nitrogen and oxygen atoms in total. The lowest BCUT2D eigenvalue weighted by atomic mass is 10.1. The van der Waals surface area contributed by atoms with Gasteiger partial charge in [-0.05, 0) is 49.4 Å². The fourth-order valence-electron chi connectivity index (χ4n) is 3.36. The van der Waals surface area contributed by atoms with Crippen LogP contribution in [0.1, 0.15) is 5.56 Å². The Labute approximate surface area is 172 Å². The zero-order valence-corrected chi connectivity index (χ0v) is 17.0. The normalized spacial score (nSPS) is 11.9. The first-order valence-corrected chi connectivity index (χ1v) is 10.6. The molecule has 30 heavy (non-hydrogen) atoms. The van der Waals surface area contributed by atoms with Gasteiger partial charge in [-0.15, -0.1) is 5.10 Å². The molecule has 0 aliphatic rings. The first-order valence-electron chi connectivity index (χ1n) is 9.17. The van der Waals surface area contributed by atoms with Gasteiger partial charge in [0.05, 0.1) is 18.2 Å². The molecule has 0 saturated heterocycles. The molecule has 0 aliphatic heterocycles. The number of ether oxygens (including phenoxy) is 1. The van der Waals surface area contributed by atoms with Crippen LogP contribution in [0.2, 0.25) is 0 Å². The summed E-state index contributed by atoms with van der Waals surface area (Å²) in [5.41, 5.74) is 4.02.